The van der Waals surface area contributed by atoms with E-state index in [1.165, 1.54) is 101 Å². The molecule has 1 N–H and O–H groups in total. The van der Waals surface area contributed by atoms with E-state index >= 15 is 0 Å². The molecule has 2 heterocycles. The lowest BCUT2D eigenvalue weighted by Crippen LogP contribution is -2.52. The van der Waals surface area contributed by atoms with Gasteiger partial charge in [-0.1, -0.05) is 120 Å². The Kier molecular flexibility index (Phi) is 15.2. The molecule has 3 amide bonds. The highest BCUT2D eigenvalue weighted by atomic mass is 35.5. The Morgan fingerprint density at radius 3 is 2.06 bits per heavy atom. The molecule has 11 nitrogen and oxygen atoms in total. The summed E-state index contributed by atoms with van der Waals surface area (Å²) < 4.78 is 15.6. The largest absolute Gasteiger partial charge is 0.462 e. The van der Waals surface area contributed by atoms with Gasteiger partial charge in [0.05, 0.1) is 22.9 Å². The van der Waals surface area contributed by atoms with Crippen LogP contribution in [0.2, 0.25) is 5.02 Å². The summed E-state index contributed by atoms with van der Waals surface area (Å²) in [5, 5.41) is 2.82. The number of carbonyl (C=O) groups excluding carboxylic acids is 5. The molecule has 0 aliphatic carbocycles. The van der Waals surface area contributed by atoms with Crippen LogP contribution in [0.1, 0.15) is 124 Å². The summed E-state index contributed by atoms with van der Waals surface area (Å²) in [6.45, 7) is 3.75. The van der Waals surface area contributed by atoms with Gasteiger partial charge in [-0.25, -0.2) is 19.3 Å². The first-order valence-electron chi connectivity index (χ1n) is 18.0. The van der Waals surface area contributed by atoms with Gasteiger partial charge in [-0.05, 0) is 43.7 Å². The SMILES string of the molecule is CCCCCCCCCCCCCCCCOC(=O)c1ccc(Cl)c(NC(=O)C(C(=O)c2cc3ccccc3oc2=O)N2C(=O)OC(C)C2=O)c1. The van der Waals surface area contributed by atoms with Gasteiger partial charge in [0, 0.05) is 5.39 Å². The van der Waals surface area contributed by atoms with Crippen molar-refractivity contribution in [2.75, 3.05) is 11.9 Å². The highest BCUT2D eigenvalue weighted by Crippen LogP contribution is 2.26. The molecule has 1 aromatic heterocycles. The smallest absolute Gasteiger partial charge is 0.418 e. The van der Waals surface area contributed by atoms with Gasteiger partial charge in [0.1, 0.15) is 11.1 Å². The molecule has 4 rings (SSSR count). The molecule has 0 spiro atoms. The van der Waals surface area contributed by atoms with E-state index in [9.17, 15) is 28.8 Å². The molecular weight excluding hydrogens is 676 g/mol. The normalized spacial score (nSPS) is 14.8. The van der Waals surface area contributed by atoms with E-state index in [-0.39, 0.29) is 28.5 Å². The van der Waals surface area contributed by atoms with Crippen LogP contribution in [-0.4, -0.2) is 53.3 Å². The van der Waals surface area contributed by atoms with Crippen molar-refractivity contribution < 1.29 is 37.9 Å². The number of rotatable bonds is 21. The van der Waals surface area contributed by atoms with E-state index in [4.69, 9.17) is 25.5 Å². The monoisotopic (exact) mass is 722 g/mol. The lowest BCUT2D eigenvalue weighted by atomic mass is 10.0. The molecule has 0 bridgehead atoms. The molecular formula is C39H47ClN2O9. The van der Waals surface area contributed by atoms with Gasteiger partial charge in [-0.3, -0.25) is 14.4 Å². The molecule has 274 valence electrons. The number of hydrogen-bond acceptors (Lipinski definition) is 9. The van der Waals surface area contributed by atoms with Gasteiger partial charge in [-0.2, -0.15) is 0 Å². The topological polar surface area (TPSA) is 149 Å². The van der Waals surface area contributed by atoms with Gasteiger partial charge in [0.15, 0.2) is 12.1 Å². The fourth-order valence-electron chi connectivity index (χ4n) is 6.01. The van der Waals surface area contributed by atoms with E-state index in [1.54, 1.807) is 18.2 Å². The molecule has 1 aliphatic rings. The number of ketones is 1. The average Bonchev–Trinajstić information content (AvgIpc) is 3.36. The lowest BCUT2D eigenvalue weighted by molar-refractivity contribution is -0.133. The second-order valence-electron chi connectivity index (χ2n) is 12.9. The zero-order chi connectivity index (χ0) is 36.8. The van der Waals surface area contributed by atoms with E-state index in [2.05, 4.69) is 12.2 Å². The number of hydrogen-bond donors (Lipinski definition) is 1. The number of halogens is 1. The van der Waals surface area contributed by atoms with Crippen molar-refractivity contribution >= 4 is 57.9 Å². The number of imide groups is 1. The number of nitrogens with zero attached hydrogens (tertiary/aromatic N) is 1. The maximum absolute atomic E-state index is 13.8. The molecule has 1 saturated heterocycles. The molecule has 0 saturated carbocycles. The fourth-order valence-corrected chi connectivity index (χ4v) is 6.17. The quantitative estimate of drug-likeness (QED) is 0.0375. The van der Waals surface area contributed by atoms with Gasteiger partial charge < -0.3 is 19.2 Å². The fraction of sp³-hybridized carbons (Fsp3) is 0.487. The Balaban J connectivity index is 1.32. The number of Topliss-reactive ketones (excluding diaryl/α,β-unsaturated/α-hetero) is 1. The average molecular weight is 723 g/mol. The number of amides is 3. The van der Waals surface area contributed by atoms with Crippen LogP contribution in [0.5, 0.6) is 0 Å². The van der Waals surface area contributed by atoms with Crippen LogP contribution in [0.4, 0.5) is 10.5 Å². The van der Waals surface area contributed by atoms with Gasteiger partial charge in [-0.15, -0.1) is 0 Å². The third-order valence-electron chi connectivity index (χ3n) is 8.91. The summed E-state index contributed by atoms with van der Waals surface area (Å²) in [6, 6.07) is 9.55. The highest BCUT2D eigenvalue weighted by molar-refractivity contribution is 6.34. The van der Waals surface area contributed by atoms with E-state index in [0.29, 0.717) is 16.7 Å². The van der Waals surface area contributed by atoms with Crippen LogP contribution in [-0.2, 0) is 19.1 Å². The maximum Gasteiger partial charge on any atom is 0.418 e. The third-order valence-corrected chi connectivity index (χ3v) is 9.24. The van der Waals surface area contributed by atoms with Crippen LogP contribution in [0.15, 0.2) is 57.7 Å². The van der Waals surface area contributed by atoms with Crippen molar-refractivity contribution in [2.24, 2.45) is 0 Å². The summed E-state index contributed by atoms with van der Waals surface area (Å²) >= 11 is 6.33. The molecule has 0 radical (unpaired) electrons. The van der Waals surface area contributed by atoms with Gasteiger partial charge in [0.25, 0.3) is 11.8 Å². The molecule has 3 aromatic rings. The summed E-state index contributed by atoms with van der Waals surface area (Å²) in [7, 11) is 0. The predicted octanol–water partition coefficient (Wildman–Crippen LogP) is 8.64. The lowest BCUT2D eigenvalue weighted by Gasteiger charge is -2.22. The first kappa shape index (κ1) is 39.3. The number of esters is 1. The van der Waals surface area contributed by atoms with Crippen LogP contribution in [0.25, 0.3) is 11.0 Å². The highest BCUT2D eigenvalue weighted by Gasteiger charge is 2.49. The summed E-state index contributed by atoms with van der Waals surface area (Å²) in [4.78, 5) is 79.1. The van der Waals surface area contributed by atoms with Crippen molar-refractivity contribution in [1.29, 1.82) is 0 Å². The molecule has 2 atom stereocenters. The van der Waals surface area contributed by atoms with E-state index in [0.717, 1.165) is 19.3 Å². The molecule has 2 unspecified atom stereocenters. The van der Waals surface area contributed by atoms with Crippen LogP contribution in [0, 0.1) is 0 Å². The van der Waals surface area contributed by atoms with E-state index < -0.39 is 53.0 Å². The second-order valence-corrected chi connectivity index (χ2v) is 13.3. The van der Waals surface area contributed by atoms with Crippen molar-refractivity contribution in [3.8, 4) is 0 Å². The third kappa shape index (κ3) is 11.0. The molecule has 1 aliphatic heterocycles. The first-order chi connectivity index (χ1) is 24.6. The number of anilines is 1. The summed E-state index contributed by atoms with van der Waals surface area (Å²) in [6.07, 6.45) is 14.4. The van der Waals surface area contributed by atoms with Crippen LogP contribution in [0.3, 0.4) is 0 Å². The number of unbranched alkanes of at least 4 members (excludes halogenated alkanes) is 13. The number of nitrogens with one attached hydrogen (secondary N) is 1. The number of ether oxygens (including phenoxy) is 2. The number of carbonyl (C=O) groups is 5. The maximum atomic E-state index is 13.8. The second kappa shape index (κ2) is 19.8. The van der Waals surface area contributed by atoms with Gasteiger partial charge >= 0.3 is 17.7 Å². The van der Waals surface area contributed by atoms with Crippen molar-refractivity contribution in [1.82, 2.24) is 4.90 Å². The van der Waals surface area contributed by atoms with Crippen molar-refractivity contribution in [3.63, 3.8) is 0 Å². The summed E-state index contributed by atoms with van der Waals surface area (Å²) in [5.74, 6) is -3.93. The molecule has 51 heavy (non-hydrogen) atoms. The van der Waals surface area contributed by atoms with Crippen LogP contribution >= 0.6 is 11.6 Å². The Morgan fingerprint density at radius 1 is 0.843 bits per heavy atom. The Bertz CT molecular complexity index is 1750. The Labute approximate surface area is 303 Å². The number of fused-ring (bicyclic) bond motifs is 1. The zero-order valence-corrected chi connectivity index (χ0v) is 30.1. The Hall–Kier alpha value is -4.51. The minimum absolute atomic E-state index is 0.00647. The number of benzene rings is 2. The van der Waals surface area contributed by atoms with Crippen molar-refractivity contribution in [3.05, 3.63) is 75.1 Å². The molecule has 12 heteroatoms. The summed E-state index contributed by atoms with van der Waals surface area (Å²) in [5.41, 5.74) is -1.41. The Morgan fingerprint density at radius 2 is 1.45 bits per heavy atom. The predicted molar refractivity (Wildman–Crippen MR) is 194 cm³/mol. The van der Waals surface area contributed by atoms with E-state index in [1.807, 2.05) is 0 Å². The standard InChI is InChI=1S/C39H47ClN2O9/c1-3-4-5-6-7-8-9-10-11-12-13-14-15-18-23-49-37(46)28-21-22-30(40)31(25-28)41-35(44)33(42-36(45)26(2)50-39(42)48)34(43)29-24-27-19-16-17-20-32(27)51-38(29)47/h16-17,19-22,24-26,33H,3-15,18,23H2,1-2H3,(H,41,44). The number of cyclic esters (lactones) is 1. The first-order valence-corrected chi connectivity index (χ1v) is 18.4. The molecule has 2 aromatic carbocycles. The minimum atomic E-state index is -2.15. The number of para-hydroxylation sites is 1. The zero-order valence-electron chi connectivity index (χ0n) is 29.4. The minimum Gasteiger partial charge on any atom is -0.462 e. The molecule has 1 fully saturated rings. The van der Waals surface area contributed by atoms with Crippen LogP contribution < -0.4 is 10.9 Å². The van der Waals surface area contributed by atoms with Gasteiger partial charge in [0.2, 0.25) is 5.78 Å². The van der Waals surface area contributed by atoms with Crippen molar-refractivity contribution in [2.45, 2.75) is 116 Å².